The zero-order chi connectivity index (χ0) is 40.9. The van der Waals surface area contributed by atoms with E-state index in [1.54, 1.807) is 20.8 Å². The Kier molecular flexibility index (Phi) is 11.2. The normalized spacial score (nSPS) is 20.4. The second-order valence-corrected chi connectivity index (χ2v) is 14.8. The number of nitrogens with zero attached hydrogens (tertiary/aromatic N) is 5. The van der Waals surface area contributed by atoms with E-state index in [0.29, 0.717) is 30.7 Å². The number of alkyl halides is 8. The number of hydrogen-bond acceptors (Lipinski definition) is 10. The molecular weight excluding hydrogens is 776 g/mol. The number of likely N-dealkylation sites (N-methyl/N-ethyl adjacent to an activating group) is 1. The molecule has 0 saturated heterocycles. The zero-order valence-corrected chi connectivity index (χ0v) is 30.5. The SMILES string of the molecule is CN1CC(c2ccc(Cl)c(C(=O)N(COC(=O)OC3CCC(C(=O)OC(C)(C)C)CC3)C3(C#N)CC3)c2)=CN1c1n[nH]c(C(F)(F)C(F)(F)F)c1C(F)(F)F. The van der Waals surface area contributed by atoms with Crippen LogP contribution >= 0.6 is 11.6 Å². The van der Waals surface area contributed by atoms with Crippen LogP contribution in [0.15, 0.2) is 24.4 Å². The summed E-state index contributed by atoms with van der Waals surface area (Å²) in [6.07, 6.45) is -10.8. The summed E-state index contributed by atoms with van der Waals surface area (Å²) in [6.45, 7) is 4.32. The lowest BCUT2D eigenvalue weighted by Crippen LogP contribution is -2.44. The number of esters is 1. The molecule has 2 aliphatic carbocycles. The number of halogens is 9. The van der Waals surface area contributed by atoms with Crippen molar-refractivity contribution in [2.75, 3.05) is 25.3 Å². The van der Waals surface area contributed by atoms with Crippen LogP contribution in [-0.4, -0.2) is 81.9 Å². The third-order valence-corrected chi connectivity index (χ3v) is 9.54. The van der Waals surface area contributed by atoms with Crippen LogP contribution in [0.25, 0.3) is 5.57 Å². The summed E-state index contributed by atoms with van der Waals surface area (Å²) in [5.41, 5.74) is -6.69. The first-order valence-corrected chi connectivity index (χ1v) is 17.2. The number of anilines is 1. The molecule has 0 bridgehead atoms. The Bertz CT molecular complexity index is 1890. The van der Waals surface area contributed by atoms with Crippen molar-refractivity contribution in [2.45, 2.75) is 94.8 Å². The molecule has 2 aromatic rings. The van der Waals surface area contributed by atoms with E-state index in [0.717, 1.165) is 16.1 Å². The highest BCUT2D eigenvalue weighted by molar-refractivity contribution is 6.34. The number of benzene rings is 1. The van der Waals surface area contributed by atoms with Gasteiger partial charge in [-0.05, 0) is 82.6 Å². The number of carbonyl (C=O) groups is 3. The number of H-pyrrole nitrogens is 1. The van der Waals surface area contributed by atoms with E-state index in [-0.39, 0.29) is 53.0 Å². The summed E-state index contributed by atoms with van der Waals surface area (Å²) in [6, 6.07) is 5.94. The molecule has 1 aromatic heterocycles. The Labute approximate surface area is 313 Å². The van der Waals surface area contributed by atoms with Crippen LogP contribution in [0.5, 0.6) is 0 Å². The van der Waals surface area contributed by atoms with Gasteiger partial charge >= 0.3 is 30.4 Å². The Morgan fingerprint density at radius 2 is 1.69 bits per heavy atom. The van der Waals surface area contributed by atoms with Gasteiger partial charge < -0.3 is 14.2 Å². The molecule has 1 aromatic carbocycles. The summed E-state index contributed by atoms with van der Waals surface area (Å²) in [5.74, 6) is -8.76. The van der Waals surface area contributed by atoms with E-state index < -0.39 is 71.4 Å². The number of amides is 1. The monoisotopic (exact) mass is 810 g/mol. The van der Waals surface area contributed by atoms with Crippen molar-refractivity contribution < 1.29 is 63.7 Å². The molecule has 1 aliphatic heterocycles. The molecule has 21 heteroatoms. The summed E-state index contributed by atoms with van der Waals surface area (Å²) in [4.78, 5) is 40.0. The Hall–Kier alpha value is -4.64. The maximum atomic E-state index is 14.2. The summed E-state index contributed by atoms with van der Waals surface area (Å²) < 4.78 is 126. The van der Waals surface area contributed by atoms with Crippen LogP contribution < -0.4 is 5.01 Å². The van der Waals surface area contributed by atoms with Crippen LogP contribution in [0.1, 0.15) is 86.5 Å². The topological polar surface area (TPSA) is 141 Å². The predicted octanol–water partition coefficient (Wildman–Crippen LogP) is 7.95. The van der Waals surface area contributed by atoms with Gasteiger partial charge in [0.15, 0.2) is 12.5 Å². The van der Waals surface area contributed by atoms with Crippen molar-refractivity contribution in [3.8, 4) is 6.07 Å². The number of aromatic nitrogens is 2. The summed E-state index contributed by atoms with van der Waals surface area (Å²) in [5, 5.41) is 15.9. The molecule has 0 radical (unpaired) electrons. The van der Waals surface area contributed by atoms with Crippen LogP contribution in [-0.2, 0) is 31.1 Å². The largest absolute Gasteiger partial charge is 0.510 e. The van der Waals surface area contributed by atoms with Gasteiger partial charge in [0, 0.05) is 19.8 Å². The minimum absolute atomic E-state index is 0.119. The highest BCUT2D eigenvalue weighted by Gasteiger charge is 2.63. The van der Waals surface area contributed by atoms with Gasteiger partial charge in [0.2, 0.25) is 0 Å². The zero-order valence-electron chi connectivity index (χ0n) is 29.7. The molecule has 2 heterocycles. The standard InChI is InChI=1S/C34H35ClF8N6O6/c1-30(2,3)55-28(51)18-5-8-21(9-6-18)54-29(52)53-17-48(31(16-44)11-12-31)27(50)22-13-19(7-10-23(22)35)20-14-47(4)49(15-20)26-24(33(38,39)40)25(45-46-26)32(36,37)34(41,42)43/h7,10,13,15,18,21H,5-6,8-9,11-12,14,17H2,1-4H3,(H,45,46). The van der Waals surface area contributed by atoms with Gasteiger partial charge in [-0.2, -0.15) is 45.5 Å². The molecule has 5 rings (SSSR count). The number of aromatic amines is 1. The molecule has 1 amide bonds. The van der Waals surface area contributed by atoms with Gasteiger partial charge in [-0.15, -0.1) is 0 Å². The van der Waals surface area contributed by atoms with Gasteiger partial charge in [0.05, 0.1) is 22.6 Å². The van der Waals surface area contributed by atoms with E-state index in [1.807, 2.05) is 6.07 Å². The lowest BCUT2D eigenvalue weighted by atomic mass is 9.87. The van der Waals surface area contributed by atoms with Gasteiger partial charge in [-0.1, -0.05) is 17.7 Å². The van der Waals surface area contributed by atoms with Crippen molar-refractivity contribution in [1.29, 1.82) is 5.26 Å². The Balaban J connectivity index is 1.32. The minimum Gasteiger partial charge on any atom is -0.460 e. The number of ether oxygens (including phenoxy) is 3. The van der Waals surface area contributed by atoms with Crippen molar-refractivity contribution in [1.82, 2.24) is 20.1 Å². The second-order valence-electron chi connectivity index (χ2n) is 14.4. The van der Waals surface area contributed by atoms with Crippen LogP contribution in [0.4, 0.5) is 45.7 Å². The summed E-state index contributed by atoms with van der Waals surface area (Å²) >= 11 is 6.38. The molecule has 0 atom stereocenters. The first kappa shape index (κ1) is 41.5. The maximum absolute atomic E-state index is 14.2. The molecule has 2 fully saturated rings. The fourth-order valence-electron chi connectivity index (χ4n) is 6.19. The first-order chi connectivity index (χ1) is 25.4. The predicted molar refractivity (Wildman–Crippen MR) is 176 cm³/mol. The average molecular weight is 811 g/mol. The van der Waals surface area contributed by atoms with Crippen molar-refractivity contribution >= 4 is 41.0 Å². The molecule has 2 saturated carbocycles. The first-order valence-electron chi connectivity index (χ1n) is 16.8. The molecule has 300 valence electrons. The molecule has 0 unspecified atom stereocenters. The van der Waals surface area contributed by atoms with Gasteiger partial charge in [-0.3, -0.25) is 24.6 Å². The quantitative estimate of drug-likeness (QED) is 0.151. The van der Waals surface area contributed by atoms with Crippen molar-refractivity contribution in [3.05, 3.63) is 51.8 Å². The Morgan fingerprint density at radius 3 is 2.24 bits per heavy atom. The average Bonchev–Trinajstić information content (AvgIpc) is 3.55. The van der Waals surface area contributed by atoms with E-state index in [2.05, 4.69) is 5.10 Å². The number of carbonyl (C=O) groups excluding carboxylic acids is 3. The van der Waals surface area contributed by atoms with Crippen LogP contribution in [0.2, 0.25) is 5.02 Å². The maximum Gasteiger partial charge on any atom is 0.510 e. The molecule has 55 heavy (non-hydrogen) atoms. The van der Waals surface area contributed by atoms with Crippen LogP contribution in [0, 0.1) is 17.2 Å². The van der Waals surface area contributed by atoms with E-state index in [4.69, 9.17) is 25.8 Å². The van der Waals surface area contributed by atoms with Crippen molar-refractivity contribution in [2.24, 2.45) is 5.92 Å². The molecule has 1 N–H and O–H groups in total. The third-order valence-electron chi connectivity index (χ3n) is 9.21. The lowest BCUT2D eigenvalue weighted by Gasteiger charge is -2.30. The number of rotatable bonds is 9. The molecule has 3 aliphatic rings. The third kappa shape index (κ3) is 8.77. The van der Waals surface area contributed by atoms with Gasteiger partial charge in [0.1, 0.15) is 28.5 Å². The van der Waals surface area contributed by atoms with Crippen LogP contribution in [0.3, 0.4) is 0 Å². The molecular formula is C34H35ClF8N6O6. The highest BCUT2D eigenvalue weighted by Crippen LogP contribution is 2.50. The molecule has 12 nitrogen and oxygen atoms in total. The van der Waals surface area contributed by atoms with Gasteiger partial charge in [0.25, 0.3) is 5.91 Å². The smallest absolute Gasteiger partial charge is 0.460 e. The number of hydrazine groups is 1. The Morgan fingerprint density at radius 1 is 1.05 bits per heavy atom. The van der Waals surface area contributed by atoms with E-state index in [1.165, 1.54) is 30.3 Å². The number of nitrogens with one attached hydrogen (secondary N) is 1. The fourth-order valence-corrected chi connectivity index (χ4v) is 6.39. The fraction of sp³-hybridized carbons (Fsp3) is 0.559. The van der Waals surface area contributed by atoms with Crippen molar-refractivity contribution in [3.63, 3.8) is 0 Å². The number of hydrogen-bond donors (Lipinski definition) is 1. The van der Waals surface area contributed by atoms with Gasteiger partial charge in [-0.25, -0.2) is 9.80 Å². The minimum atomic E-state index is -6.37. The molecule has 0 spiro atoms. The lowest BCUT2D eigenvalue weighted by molar-refractivity contribution is -0.292. The summed E-state index contributed by atoms with van der Waals surface area (Å²) in [7, 11) is 1.22. The second kappa shape index (κ2) is 14.8. The number of nitriles is 1. The van der Waals surface area contributed by atoms with E-state index >= 15 is 0 Å². The van der Waals surface area contributed by atoms with E-state index in [9.17, 15) is 54.8 Å². The highest BCUT2D eigenvalue weighted by atomic mass is 35.5.